The summed E-state index contributed by atoms with van der Waals surface area (Å²) in [5.74, 6) is -1.95. The zero-order chi connectivity index (χ0) is 31.3. The second kappa shape index (κ2) is 9.54. The highest BCUT2D eigenvalue weighted by atomic mass is 16.6. The number of aliphatic hydroxyl groups is 1. The lowest BCUT2D eigenvalue weighted by atomic mass is 9.34. The van der Waals surface area contributed by atoms with Gasteiger partial charge in [0.1, 0.15) is 23.9 Å². The average Bonchev–Trinajstić information content (AvgIpc) is 3.33. The summed E-state index contributed by atoms with van der Waals surface area (Å²) in [5, 5.41) is 12.6. The summed E-state index contributed by atoms with van der Waals surface area (Å²) in [4.78, 5) is 49.6. The zero-order valence-corrected chi connectivity index (χ0v) is 26.6. The third-order valence-electron chi connectivity index (χ3n) is 13.1. The molecule has 42 heavy (non-hydrogen) atoms. The minimum atomic E-state index is -1.51. The Morgan fingerprint density at radius 1 is 0.786 bits per heavy atom. The third-order valence-corrected chi connectivity index (χ3v) is 13.1. The summed E-state index contributed by atoms with van der Waals surface area (Å²) in [7, 11) is 0. The van der Waals surface area contributed by atoms with E-state index in [0.29, 0.717) is 12.8 Å². The van der Waals surface area contributed by atoms with Crippen molar-refractivity contribution in [2.45, 2.75) is 130 Å². The molecule has 0 aromatic heterocycles. The predicted octanol–water partition coefficient (Wildman–Crippen LogP) is 4.67. The molecule has 9 nitrogen and oxygen atoms in total. The topological polar surface area (TPSA) is 125 Å². The van der Waals surface area contributed by atoms with E-state index in [1.165, 1.54) is 26.8 Å². The summed E-state index contributed by atoms with van der Waals surface area (Å²) in [5.41, 5.74) is -4.92. The molecule has 1 heterocycles. The standard InChI is InChI=1S/C33H48O9/c1-18(34)39-24-12-14-29(6)21-10-11-22-32(9,31(21,8)25(40-19(2)35)16-23(29)28(24,4)5)26(41-20(3)36)17-33(22,38)30(7)15-13-27(37)42-30/h13,15,21-26,38H,10-12,14,16-17H2,1-9H3/t21-,22+,23?,24-,25?,26-,29-,30+,31+,32+,33-/m1/s1. The van der Waals surface area contributed by atoms with Gasteiger partial charge in [-0.2, -0.15) is 0 Å². The first-order valence-corrected chi connectivity index (χ1v) is 15.4. The van der Waals surface area contributed by atoms with Crippen LogP contribution in [0.5, 0.6) is 0 Å². The molecule has 9 heteroatoms. The van der Waals surface area contributed by atoms with Gasteiger partial charge in [-0.3, -0.25) is 14.4 Å². The highest BCUT2D eigenvalue weighted by Gasteiger charge is 2.80. The van der Waals surface area contributed by atoms with Crippen LogP contribution in [0.4, 0.5) is 0 Å². The molecule has 4 saturated carbocycles. The Bertz CT molecular complexity index is 1220. The van der Waals surface area contributed by atoms with Crippen molar-refractivity contribution < 1.29 is 43.2 Å². The van der Waals surface area contributed by atoms with Gasteiger partial charge in [-0.1, -0.05) is 34.6 Å². The van der Waals surface area contributed by atoms with Crippen LogP contribution >= 0.6 is 0 Å². The Morgan fingerprint density at radius 3 is 1.86 bits per heavy atom. The van der Waals surface area contributed by atoms with Crippen LogP contribution in [0, 0.1) is 39.4 Å². The van der Waals surface area contributed by atoms with Crippen molar-refractivity contribution in [3.05, 3.63) is 12.2 Å². The molecular formula is C33H48O9. The lowest BCUT2D eigenvalue weighted by Crippen LogP contribution is -2.72. The number of hydrogen-bond acceptors (Lipinski definition) is 9. The van der Waals surface area contributed by atoms with Crippen molar-refractivity contribution >= 4 is 23.9 Å². The zero-order valence-electron chi connectivity index (χ0n) is 26.6. The van der Waals surface area contributed by atoms with Crippen LogP contribution in [0.2, 0.25) is 0 Å². The smallest absolute Gasteiger partial charge is 0.331 e. The lowest BCUT2D eigenvalue weighted by molar-refractivity contribution is -0.289. The maximum atomic E-state index is 12.7. The van der Waals surface area contributed by atoms with E-state index in [1.54, 1.807) is 13.0 Å². The van der Waals surface area contributed by atoms with Crippen LogP contribution in [0.1, 0.15) is 101 Å². The highest BCUT2D eigenvalue weighted by molar-refractivity contribution is 5.85. The number of ether oxygens (including phenoxy) is 4. The number of cyclic esters (lactones) is 1. The van der Waals surface area contributed by atoms with Gasteiger partial charge in [0.2, 0.25) is 0 Å². The Hall–Kier alpha value is -2.42. The molecule has 0 radical (unpaired) electrons. The van der Waals surface area contributed by atoms with E-state index in [2.05, 4.69) is 34.6 Å². The monoisotopic (exact) mass is 588 g/mol. The van der Waals surface area contributed by atoms with Gasteiger partial charge < -0.3 is 24.1 Å². The number of fused-ring (bicyclic) bond motifs is 5. The molecule has 0 spiro atoms. The highest BCUT2D eigenvalue weighted by Crippen LogP contribution is 2.77. The molecule has 4 aliphatic carbocycles. The second-order valence-electron chi connectivity index (χ2n) is 15.2. The van der Waals surface area contributed by atoms with Crippen LogP contribution < -0.4 is 0 Å². The fourth-order valence-corrected chi connectivity index (χ4v) is 11.2. The maximum absolute atomic E-state index is 12.7. The fourth-order valence-electron chi connectivity index (χ4n) is 11.2. The Balaban J connectivity index is 1.67. The third kappa shape index (κ3) is 3.97. The van der Waals surface area contributed by atoms with Crippen molar-refractivity contribution in [2.24, 2.45) is 39.4 Å². The van der Waals surface area contributed by atoms with Crippen LogP contribution in [0.25, 0.3) is 0 Å². The van der Waals surface area contributed by atoms with Crippen molar-refractivity contribution in [3.63, 3.8) is 0 Å². The molecular weight excluding hydrogens is 540 g/mol. The summed E-state index contributed by atoms with van der Waals surface area (Å²) in [6.07, 6.45) is 5.03. The van der Waals surface area contributed by atoms with Crippen LogP contribution in [-0.2, 0) is 38.1 Å². The fraction of sp³-hybridized carbons (Fsp3) is 0.818. The molecule has 0 aromatic carbocycles. The van der Waals surface area contributed by atoms with E-state index >= 15 is 0 Å². The SMILES string of the molecule is CC(=O)OC1CC2C(C)(C)[C@H](OC(C)=O)CC[C@]2(C)[C@H]2CC[C@H]3[C@@](C)([C@H](OC(C)=O)C[C@]3(O)[C@]3(C)C=CC(=O)O3)[C@]12C. The van der Waals surface area contributed by atoms with E-state index in [0.717, 1.165) is 19.3 Å². The summed E-state index contributed by atoms with van der Waals surface area (Å²) < 4.78 is 23.9. The number of rotatable bonds is 4. The Kier molecular flexibility index (Phi) is 7.04. The average molecular weight is 589 g/mol. The first-order valence-electron chi connectivity index (χ1n) is 15.4. The Morgan fingerprint density at radius 2 is 1.31 bits per heavy atom. The van der Waals surface area contributed by atoms with Gasteiger partial charge in [-0.15, -0.1) is 0 Å². The molecule has 11 atom stereocenters. The van der Waals surface area contributed by atoms with Crippen LogP contribution in [-0.4, -0.2) is 58.5 Å². The van der Waals surface area contributed by atoms with Gasteiger partial charge >= 0.3 is 23.9 Å². The molecule has 1 aliphatic heterocycles. The molecule has 0 bridgehead atoms. The van der Waals surface area contributed by atoms with Gasteiger partial charge in [0.25, 0.3) is 0 Å². The molecule has 0 amide bonds. The number of carbonyl (C=O) groups is 4. The van der Waals surface area contributed by atoms with E-state index in [-0.39, 0.29) is 41.2 Å². The molecule has 0 aromatic rings. The van der Waals surface area contributed by atoms with Crippen molar-refractivity contribution in [1.29, 1.82) is 0 Å². The normalized spacial score (nSPS) is 48.8. The molecule has 234 valence electrons. The first-order chi connectivity index (χ1) is 19.3. The van der Waals surface area contributed by atoms with E-state index in [9.17, 15) is 24.3 Å². The predicted molar refractivity (Wildman–Crippen MR) is 152 cm³/mol. The number of carbonyl (C=O) groups excluding carboxylic acids is 4. The Labute approximate surface area is 249 Å². The van der Waals surface area contributed by atoms with Crippen molar-refractivity contribution in [1.82, 2.24) is 0 Å². The molecule has 4 fully saturated rings. The van der Waals surface area contributed by atoms with Gasteiger partial charge in [0.15, 0.2) is 5.60 Å². The van der Waals surface area contributed by atoms with E-state index < -0.39 is 58.1 Å². The van der Waals surface area contributed by atoms with Crippen molar-refractivity contribution in [2.75, 3.05) is 0 Å². The van der Waals surface area contributed by atoms with Crippen LogP contribution in [0.15, 0.2) is 12.2 Å². The molecule has 5 rings (SSSR count). The second-order valence-corrected chi connectivity index (χ2v) is 15.2. The summed E-state index contributed by atoms with van der Waals surface area (Å²) in [6.45, 7) is 16.8. The number of hydrogen-bond donors (Lipinski definition) is 1. The van der Waals surface area contributed by atoms with Gasteiger partial charge in [-0.25, -0.2) is 4.79 Å². The minimum Gasteiger partial charge on any atom is -0.462 e. The quantitative estimate of drug-likeness (QED) is 0.368. The summed E-state index contributed by atoms with van der Waals surface area (Å²) in [6, 6.07) is 0. The first kappa shape index (κ1) is 31.0. The van der Waals surface area contributed by atoms with E-state index in [1.807, 2.05) is 0 Å². The van der Waals surface area contributed by atoms with Gasteiger partial charge in [-0.05, 0) is 62.4 Å². The minimum absolute atomic E-state index is 0.0433. The molecule has 0 saturated heterocycles. The molecule has 5 aliphatic rings. The largest absolute Gasteiger partial charge is 0.462 e. The maximum Gasteiger partial charge on any atom is 0.331 e. The van der Waals surface area contributed by atoms with Gasteiger partial charge in [0, 0.05) is 55.4 Å². The molecule has 1 N–H and O–H groups in total. The van der Waals surface area contributed by atoms with Crippen LogP contribution in [0.3, 0.4) is 0 Å². The lowest BCUT2D eigenvalue weighted by Gasteiger charge is -2.71. The van der Waals surface area contributed by atoms with E-state index in [4.69, 9.17) is 18.9 Å². The molecule has 2 unspecified atom stereocenters. The van der Waals surface area contributed by atoms with Crippen molar-refractivity contribution in [3.8, 4) is 0 Å². The van der Waals surface area contributed by atoms with Gasteiger partial charge in [0.05, 0.1) is 0 Å². The summed E-state index contributed by atoms with van der Waals surface area (Å²) >= 11 is 0. The number of esters is 4.